The zero-order valence-corrected chi connectivity index (χ0v) is 14.2. The van der Waals surface area contributed by atoms with Gasteiger partial charge in [0.2, 0.25) is 10.0 Å². The number of rotatable bonds is 4. The first kappa shape index (κ1) is 16.8. The molecule has 0 N–H and O–H groups in total. The summed E-state index contributed by atoms with van der Waals surface area (Å²) in [7, 11) is -1.84. The molecular weight excluding hydrogens is 316 g/mol. The number of aromatic nitrogens is 1. The third-order valence-corrected chi connectivity index (χ3v) is 7.18. The number of methoxy groups -OCH3 is 1. The molecule has 0 amide bonds. The molecule has 0 saturated carbocycles. The van der Waals surface area contributed by atoms with Gasteiger partial charge in [0.25, 0.3) is 0 Å². The van der Waals surface area contributed by atoms with E-state index in [4.69, 9.17) is 9.47 Å². The van der Waals surface area contributed by atoms with Gasteiger partial charge in [-0.05, 0) is 42.9 Å². The van der Waals surface area contributed by atoms with E-state index in [1.54, 1.807) is 23.8 Å². The van der Waals surface area contributed by atoms with Gasteiger partial charge in [-0.1, -0.05) is 0 Å². The van der Waals surface area contributed by atoms with E-state index < -0.39 is 15.3 Å². The van der Waals surface area contributed by atoms with Gasteiger partial charge in [0.15, 0.2) is 0 Å². The fourth-order valence-corrected chi connectivity index (χ4v) is 5.47. The highest BCUT2D eigenvalue weighted by atomic mass is 32.2. The van der Waals surface area contributed by atoms with Crippen LogP contribution >= 0.6 is 0 Å². The number of hydrogen-bond donors (Lipinski definition) is 0. The van der Waals surface area contributed by atoms with Gasteiger partial charge in [-0.25, -0.2) is 12.7 Å². The highest BCUT2D eigenvalue weighted by molar-refractivity contribution is 7.89. The number of sulfonamides is 1. The van der Waals surface area contributed by atoms with Crippen LogP contribution in [0.5, 0.6) is 0 Å². The van der Waals surface area contributed by atoms with E-state index in [-0.39, 0.29) is 12.7 Å². The summed E-state index contributed by atoms with van der Waals surface area (Å²) < 4.78 is 38.1. The van der Waals surface area contributed by atoms with E-state index >= 15 is 0 Å². The second-order valence-corrected chi connectivity index (χ2v) is 8.35. The van der Waals surface area contributed by atoms with Crippen molar-refractivity contribution in [3.8, 4) is 0 Å². The number of hydrogen-bond acceptors (Lipinski definition) is 5. The Labute approximate surface area is 137 Å². The maximum atomic E-state index is 12.9. The van der Waals surface area contributed by atoms with Gasteiger partial charge < -0.3 is 9.47 Å². The first-order valence-corrected chi connectivity index (χ1v) is 9.62. The quantitative estimate of drug-likeness (QED) is 0.829. The van der Waals surface area contributed by atoms with Crippen LogP contribution in [0.3, 0.4) is 0 Å². The second-order valence-electron chi connectivity index (χ2n) is 6.20. The maximum absolute atomic E-state index is 12.9. The van der Waals surface area contributed by atoms with Crippen molar-refractivity contribution in [3.05, 3.63) is 30.1 Å². The highest BCUT2D eigenvalue weighted by Crippen LogP contribution is 2.30. The first-order valence-electron chi connectivity index (χ1n) is 8.12. The summed E-state index contributed by atoms with van der Waals surface area (Å²) in [5.74, 6) is 0.399. The molecule has 0 spiro atoms. The summed E-state index contributed by atoms with van der Waals surface area (Å²) in [4.78, 5) is 4.05. The molecular formula is C16H24N2O4S. The molecule has 128 valence electrons. The van der Waals surface area contributed by atoms with Crippen LogP contribution in [-0.2, 0) is 19.5 Å². The Bertz CT molecular complexity index is 608. The third-order valence-electron chi connectivity index (χ3n) is 4.89. The minimum atomic E-state index is -3.38. The number of nitrogens with zero attached hydrogens (tertiary/aromatic N) is 2. The van der Waals surface area contributed by atoms with Crippen molar-refractivity contribution in [1.29, 1.82) is 0 Å². The van der Waals surface area contributed by atoms with Crippen LogP contribution in [0.4, 0.5) is 0 Å². The summed E-state index contributed by atoms with van der Waals surface area (Å²) in [6.07, 6.45) is 5.96. The van der Waals surface area contributed by atoms with E-state index in [0.29, 0.717) is 25.6 Å². The summed E-state index contributed by atoms with van der Waals surface area (Å²) in [5.41, 5.74) is 1.25. The molecule has 7 heteroatoms. The molecule has 23 heavy (non-hydrogen) atoms. The van der Waals surface area contributed by atoms with E-state index in [1.807, 2.05) is 12.1 Å². The van der Waals surface area contributed by atoms with Crippen LogP contribution in [0.2, 0.25) is 0 Å². The second kappa shape index (κ2) is 7.25. The molecule has 1 aromatic rings. The molecule has 0 aromatic carbocycles. The average Bonchev–Trinajstić information content (AvgIpc) is 2.92. The Hall–Kier alpha value is -1.02. The van der Waals surface area contributed by atoms with E-state index in [0.717, 1.165) is 19.3 Å². The molecule has 3 rings (SSSR count). The maximum Gasteiger partial charge on any atom is 0.221 e. The van der Waals surface area contributed by atoms with Crippen molar-refractivity contribution in [3.63, 3.8) is 0 Å². The number of ether oxygens (including phenoxy) is 2. The van der Waals surface area contributed by atoms with Crippen molar-refractivity contribution < 1.29 is 17.9 Å². The van der Waals surface area contributed by atoms with Crippen LogP contribution in [0.25, 0.3) is 0 Å². The fourth-order valence-electron chi connectivity index (χ4n) is 3.50. The molecule has 1 aromatic heterocycles. The monoisotopic (exact) mass is 340 g/mol. The predicted molar refractivity (Wildman–Crippen MR) is 86.7 cm³/mol. The zero-order valence-electron chi connectivity index (χ0n) is 13.4. The molecule has 3 heterocycles. The van der Waals surface area contributed by atoms with E-state index in [2.05, 4.69) is 4.98 Å². The van der Waals surface area contributed by atoms with Crippen LogP contribution in [0.1, 0.15) is 30.7 Å². The summed E-state index contributed by atoms with van der Waals surface area (Å²) in [6, 6.07) is 4.06. The topological polar surface area (TPSA) is 68.7 Å². The van der Waals surface area contributed by atoms with Crippen molar-refractivity contribution in [2.45, 2.75) is 36.5 Å². The Morgan fingerprint density at radius 3 is 2.74 bits per heavy atom. The lowest BCUT2D eigenvalue weighted by Gasteiger charge is -2.26. The Morgan fingerprint density at radius 2 is 2.00 bits per heavy atom. The SMILES string of the molecule is CO[C@H]1COC[C@H]1S(=O)(=O)N1CCCC(c2ccncc2)CC1. The van der Waals surface area contributed by atoms with Gasteiger partial charge in [0.1, 0.15) is 11.4 Å². The van der Waals surface area contributed by atoms with Gasteiger partial charge >= 0.3 is 0 Å². The van der Waals surface area contributed by atoms with Crippen LogP contribution < -0.4 is 0 Å². The molecule has 0 radical (unpaired) electrons. The molecule has 1 unspecified atom stereocenters. The smallest absolute Gasteiger partial charge is 0.221 e. The fraction of sp³-hybridized carbons (Fsp3) is 0.688. The first-order chi connectivity index (χ1) is 11.1. The molecule has 6 nitrogen and oxygen atoms in total. The molecule has 3 atom stereocenters. The van der Waals surface area contributed by atoms with Crippen molar-refractivity contribution >= 4 is 10.0 Å². The standard InChI is InChI=1S/C16H24N2O4S/c1-21-15-11-22-12-16(15)23(19,20)18-9-2-3-13(6-10-18)14-4-7-17-8-5-14/h4-5,7-8,13,15-16H,2-3,6,9-12H2,1H3/t13?,15-,16+/m0/s1. The largest absolute Gasteiger partial charge is 0.378 e. The van der Waals surface area contributed by atoms with Crippen molar-refractivity contribution in [2.24, 2.45) is 0 Å². The summed E-state index contributed by atoms with van der Waals surface area (Å²) >= 11 is 0. The Morgan fingerprint density at radius 1 is 1.22 bits per heavy atom. The Balaban J connectivity index is 1.70. The summed E-state index contributed by atoms with van der Waals surface area (Å²) in [5, 5.41) is -0.579. The van der Waals surface area contributed by atoms with Gasteiger partial charge in [0.05, 0.1) is 13.2 Å². The molecule has 2 aliphatic heterocycles. The molecule has 2 saturated heterocycles. The van der Waals surface area contributed by atoms with E-state index in [1.165, 1.54) is 5.56 Å². The van der Waals surface area contributed by atoms with Crippen LogP contribution in [0.15, 0.2) is 24.5 Å². The lowest BCUT2D eigenvalue weighted by Crippen LogP contribution is -2.45. The minimum absolute atomic E-state index is 0.227. The highest BCUT2D eigenvalue weighted by Gasteiger charge is 2.42. The van der Waals surface area contributed by atoms with Crippen LogP contribution in [0, 0.1) is 0 Å². The summed E-state index contributed by atoms with van der Waals surface area (Å²) in [6.45, 7) is 1.72. The van der Waals surface area contributed by atoms with E-state index in [9.17, 15) is 8.42 Å². The third kappa shape index (κ3) is 3.57. The van der Waals surface area contributed by atoms with Crippen molar-refractivity contribution in [1.82, 2.24) is 9.29 Å². The average molecular weight is 340 g/mol. The normalized spacial score (nSPS) is 30.2. The van der Waals surface area contributed by atoms with Gasteiger partial charge in [-0.2, -0.15) is 0 Å². The van der Waals surface area contributed by atoms with Gasteiger partial charge in [-0.15, -0.1) is 0 Å². The minimum Gasteiger partial charge on any atom is -0.378 e. The lowest BCUT2D eigenvalue weighted by molar-refractivity contribution is 0.0825. The molecule has 2 fully saturated rings. The zero-order chi connectivity index (χ0) is 16.3. The number of pyridine rings is 1. The Kier molecular flexibility index (Phi) is 5.31. The van der Waals surface area contributed by atoms with Gasteiger partial charge in [-0.3, -0.25) is 4.98 Å². The van der Waals surface area contributed by atoms with Crippen LogP contribution in [-0.4, -0.2) is 62.5 Å². The van der Waals surface area contributed by atoms with Crippen molar-refractivity contribution in [2.75, 3.05) is 33.4 Å². The predicted octanol–water partition coefficient (Wildman–Crippen LogP) is 1.39. The molecule has 0 bridgehead atoms. The van der Waals surface area contributed by atoms with Gasteiger partial charge in [0, 0.05) is 32.6 Å². The molecule has 0 aliphatic carbocycles. The molecule has 2 aliphatic rings. The lowest BCUT2D eigenvalue weighted by atomic mass is 9.93.